The van der Waals surface area contributed by atoms with Crippen molar-refractivity contribution in [3.05, 3.63) is 0 Å². The third-order valence-electron chi connectivity index (χ3n) is 5.10. The average Bonchev–Trinajstić information content (AvgIpc) is 2.50. The fraction of sp³-hybridized carbons (Fsp3) is 0.944. The first kappa shape index (κ1) is 17.7. The molecule has 0 spiro atoms. The van der Waals surface area contributed by atoms with Gasteiger partial charge in [-0.2, -0.15) is 0 Å². The molecule has 0 bridgehead atoms. The fourth-order valence-electron chi connectivity index (χ4n) is 3.32. The molecule has 1 heterocycles. The minimum absolute atomic E-state index is 0.191. The third-order valence-corrected chi connectivity index (χ3v) is 5.10. The number of nitrogens with zero attached hydrogens (tertiary/aromatic N) is 1. The van der Waals surface area contributed by atoms with Gasteiger partial charge in [0.25, 0.3) is 0 Å². The zero-order chi connectivity index (χ0) is 14.8. The summed E-state index contributed by atoms with van der Waals surface area (Å²) in [5, 5.41) is 0. The summed E-state index contributed by atoms with van der Waals surface area (Å²) in [7, 11) is 0. The number of hydrogen-bond acceptors (Lipinski definition) is 2. The summed E-state index contributed by atoms with van der Waals surface area (Å²) in [4.78, 5) is 15.1. The summed E-state index contributed by atoms with van der Waals surface area (Å²) in [6.45, 7) is 8.83. The number of ketones is 1. The third kappa shape index (κ3) is 5.20. The van der Waals surface area contributed by atoms with E-state index in [0.717, 1.165) is 32.4 Å². The van der Waals surface area contributed by atoms with Crippen molar-refractivity contribution in [2.24, 2.45) is 0 Å². The first-order valence-corrected chi connectivity index (χ1v) is 8.93. The van der Waals surface area contributed by atoms with Crippen LogP contribution in [0.2, 0.25) is 0 Å². The summed E-state index contributed by atoms with van der Waals surface area (Å²) in [6.07, 6.45) is 13.2. The summed E-state index contributed by atoms with van der Waals surface area (Å²) in [5.41, 5.74) is -0.191. The van der Waals surface area contributed by atoms with Crippen molar-refractivity contribution in [3.63, 3.8) is 0 Å². The average molecular weight is 281 g/mol. The molecular weight excluding hydrogens is 246 g/mol. The number of likely N-dealkylation sites (tertiary alicyclic amines) is 1. The van der Waals surface area contributed by atoms with Crippen LogP contribution in [0.1, 0.15) is 91.4 Å². The van der Waals surface area contributed by atoms with Gasteiger partial charge in [0, 0.05) is 6.42 Å². The van der Waals surface area contributed by atoms with Crippen molar-refractivity contribution >= 4 is 5.78 Å². The van der Waals surface area contributed by atoms with E-state index in [-0.39, 0.29) is 5.54 Å². The van der Waals surface area contributed by atoms with Crippen molar-refractivity contribution in [2.45, 2.75) is 96.9 Å². The van der Waals surface area contributed by atoms with Crippen LogP contribution in [0.3, 0.4) is 0 Å². The molecule has 0 N–H and O–H groups in total. The molecule has 1 aliphatic rings. The number of carbonyl (C=O) groups is 1. The van der Waals surface area contributed by atoms with Gasteiger partial charge in [0.2, 0.25) is 0 Å². The van der Waals surface area contributed by atoms with Gasteiger partial charge in [-0.05, 0) is 45.7 Å². The van der Waals surface area contributed by atoms with Crippen LogP contribution in [0.15, 0.2) is 0 Å². The van der Waals surface area contributed by atoms with Crippen LogP contribution < -0.4 is 0 Å². The van der Waals surface area contributed by atoms with Gasteiger partial charge < -0.3 is 0 Å². The van der Waals surface area contributed by atoms with Crippen LogP contribution in [0.5, 0.6) is 0 Å². The van der Waals surface area contributed by atoms with Gasteiger partial charge in [-0.1, -0.05) is 52.4 Å². The van der Waals surface area contributed by atoms with Crippen LogP contribution in [0, 0.1) is 0 Å². The molecule has 0 saturated carbocycles. The lowest BCUT2D eigenvalue weighted by Gasteiger charge is -2.42. The Labute approximate surface area is 126 Å². The molecule has 1 aliphatic heterocycles. The van der Waals surface area contributed by atoms with Crippen molar-refractivity contribution in [1.82, 2.24) is 4.90 Å². The molecule has 0 aromatic rings. The molecule has 1 unspecified atom stereocenters. The van der Waals surface area contributed by atoms with Gasteiger partial charge in [-0.25, -0.2) is 0 Å². The normalized spacial score (nSPS) is 19.8. The molecule has 1 atom stereocenters. The Hall–Kier alpha value is -0.370. The summed E-state index contributed by atoms with van der Waals surface area (Å²) < 4.78 is 0. The predicted octanol–water partition coefficient (Wildman–Crippen LogP) is 4.96. The molecule has 0 amide bonds. The van der Waals surface area contributed by atoms with E-state index in [9.17, 15) is 4.79 Å². The minimum Gasteiger partial charge on any atom is -0.298 e. The molecule has 0 radical (unpaired) electrons. The van der Waals surface area contributed by atoms with Crippen molar-refractivity contribution < 1.29 is 4.79 Å². The maximum atomic E-state index is 12.6. The lowest BCUT2D eigenvalue weighted by Crippen LogP contribution is -2.53. The summed E-state index contributed by atoms with van der Waals surface area (Å²) >= 11 is 0. The molecule has 2 nitrogen and oxygen atoms in total. The molecule has 20 heavy (non-hydrogen) atoms. The number of Topliss-reactive ketones (excluding diaryl/α,β-unsaturated/α-hetero) is 1. The maximum Gasteiger partial charge on any atom is 0.152 e. The Bertz CT molecular complexity index is 271. The van der Waals surface area contributed by atoms with E-state index in [1.54, 1.807) is 0 Å². The second-order valence-electron chi connectivity index (χ2n) is 6.62. The van der Waals surface area contributed by atoms with E-state index in [1.807, 2.05) is 0 Å². The highest BCUT2D eigenvalue weighted by atomic mass is 16.1. The zero-order valence-electron chi connectivity index (χ0n) is 14.0. The number of rotatable bonds is 10. The van der Waals surface area contributed by atoms with Crippen LogP contribution in [0.4, 0.5) is 0 Å². The first-order valence-electron chi connectivity index (χ1n) is 8.93. The molecule has 0 aromatic carbocycles. The van der Waals surface area contributed by atoms with E-state index in [2.05, 4.69) is 25.7 Å². The number of piperidine rings is 1. The highest BCUT2D eigenvalue weighted by molar-refractivity contribution is 5.87. The monoisotopic (exact) mass is 281 g/mol. The largest absolute Gasteiger partial charge is 0.298 e. The molecule has 2 heteroatoms. The quantitative estimate of drug-likeness (QED) is 0.527. The number of carbonyl (C=O) groups excluding carboxylic acids is 1. The number of unbranched alkanes of at least 4 members (excludes halogenated alkanes) is 5. The SMILES string of the molecule is CCCCCCCCC(=O)C(C)(CC)N1CCCCC1. The molecular formula is C18H35NO. The second-order valence-corrected chi connectivity index (χ2v) is 6.62. The van der Waals surface area contributed by atoms with Gasteiger partial charge in [0.1, 0.15) is 0 Å². The standard InChI is InChI=1S/C18H35NO/c1-4-6-7-8-9-11-14-17(20)18(3,5-2)19-15-12-10-13-16-19/h4-16H2,1-3H3. The van der Waals surface area contributed by atoms with Gasteiger partial charge in [-0.3, -0.25) is 9.69 Å². The van der Waals surface area contributed by atoms with Crippen LogP contribution in [-0.2, 0) is 4.79 Å². The Morgan fingerprint density at radius 2 is 1.55 bits per heavy atom. The lowest BCUT2D eigenvalue weighted by molar-refractivity contribution is -0.131. The topological polar surface area (TPSA) is 20.3 Å². The van der Waals surface area contributed by atoms with Crippen LogP contribution in [-0.4, -0.2) is 29.3 Å². The van der Waals surface area contributed by atoms with Gasteiger partial charge >= 0.3 is 0 Å². The molecule has 1 rings (SSSR count). The fourth-order valence-corrected chi connectivity index (χ4v) is 3.32. The maximum absolute atomic E-state index is 12.6. The zero-order valence-corrected chi connectivity index (χ0v) is 14.0. The van der Waals surface area contributed by atoms with E-state index >= 15 is 0 Å². The molecule has 1 saturated heterocycles. The Kier molecular flexibility index (Phi) is 8.44. The molecule has 118 valence electrons. The minimum atomic E-state index is -0.191. The smallest absolute Gasteiger partial charge is 0.152 e. The van der Waals surface area contributed by atoms with Crippen LogP contribution in [0.25, 0.3) is 0 Å². The summed E-state index contributed by atoms with van der Waals surface area (Å²) in [6, 6.07) is 0. The van der Waals surface area contributed by atoms with Gasteiger partial charge in [-0.15, -0.1) is 0 Å². The van der Waals surface area contributed by atoms with E-state index in [4.69, 9.17) is 0 Å². The Morgan fingerprint density at radius 3 is 2.15 bits per heavy atom. The lowest BCUT2D eigenvalue weighted by atomic mass is 9.86. The molecule has 0 aliphatic carbocycles. The molecule has 1 fully saturated rings. The van der Waals surface area contributed by atoms with Gasteiger partial charge in [0.05, 0.1) is 5.54 Å². The van der Waals surface area contributed by atoms with Gasteiger partial charge in [0.15, 0.2) is 5.78 Å². The van der Waals surface area contributed by atoms with Crippen molar-refractivity contribution in [1.29, 1.82) is 0 Å². The first-order chi connectivity index (χ1) is 9.65. The highest BCUT2D eigenvalue weighted by Gasteiger charge is 2.36. The predicted molar refractivity (Wildman–Crippen MR) is 87.1 cm³/mol. The highest BCUT2D eigenvalue weighted by Crippen LogP contribution is 2.27. The van der Waals surface area contributed by atoms with E-state index in [0.29, 0.717) is 5.78 Å². The van der Waals surface area contributed by atoms with E-state index in [1.165, 1.54) is 51.4 Å². The van der Waals surface area contributed by atoms with Crippen molar-refractivity contribution in [3.8, 4) is 0 Å². The Balaban J connectivity index is 2.33. The summed E-state index contributed by atoms with van der Waals surface area (Å²) in [5.74, 6) is 0.484. The van der Waals surface area contributed by atoms with Crippen molar-refractivity contribution in [2.75, 3.05) is 13.1 Å². The molecule has 0 aromatic heterocycles. The van der Waals surface area contributed by atoms with E-state index < -0.39 is 0 Å². The second kappa shape index (κ2) is 9.55. The Morgan fingerprint density at radius 1 is 0.950 bits per heavy atom. The number of hydrogen-bond donors (Lipinski definition) is 0. The van der Waals surface area contributed by atoms with Crippen LogP contribution >= 0.6 is 0 Å².